The number of nitrogens with zero attached hydrogens (tertiary/aromatic N) is 2. The molecule has 0 bridgehead atoms. The van der Waals surface area contributed by atoms with E-state index in [0.29, 0.717) is 5.56 Å². The molecule has 1 aromatic carbocycles. The van der Waals surface area contributed by atoms with Crippen LogP contribution in [0.4, 0.5) is 4.39 Å². The second-order valence-corrected chi connectivity index (χ2v) is 5.43. The first-order chi connectivity index (χ1) is 10.2. The smallest absolute Gasteiger partial charge is 0.126 e. The van der Waals surface area contributed by atoms with Gasteiger partial charge in [0.2, 0.25) is 0 Å². The van der Waals surface area contributed by atoms with Gasteiger partial charge in [-0.25, -0.2) is 4.39 Å². The summed E-state index contributed by atoms with van der Waals surface area (Å²) in [5, 5.41) is 7.87. The largest absolute Gasteiger partial charge is 0.306 e. The van der Waals surface area contributed by atoms with Crippen LogP contribution in [0, 0.1) is 12.7 Å². The lowest BCUT2D eigenvalue weighted by atomic mass is 10.00. The number of aryl methyl sites for hydroxylation is 2. The fourth-order valence-electron chi connectivity index (χ4n) is 2.39. The summed E-state index contributed by atoms with van der Waals surface area (Å²) in [5.74, 6) is -0.156. The lowest BCUT2D eigenvalue weighted by molar-refractivity contribution is 0.578. The number of hydrogen-bond donors (Lipinski definition) is 1. The Morgan fingerprint density at radius 3 is 2.71 bits per heavy atom. The van der Waals surface area contributed by atoms with Crippen molar-refractivity contribution in [2.24, 2.45) is 0 Å². The van der Waals surface area contributed by atoms with Gasteiger partial charge in [-0.1, -0.05) is 26.0 Å². The number of nitrogens with one attached hydrogen (secondary N) is 1. The molecule has 1 heterocycles. The van der Waals surface area contributed by atoms with Crippen LogP contribution in [0.5, 0.6) is 0 Å². The van der Waals surface area contributed by atoms with Gasteiger partial charge in [0.1, 0.15) is 5.82 Å². The highest BCUT2D eigenvalue weighted by atomic mass is 19.1. The summed E-state index contributed by atoms with van der Waals surface area (Å²) in [7, 11) is 0. The van der Waals surface area contributed by atoms with E-state index in [-0.39, 0.29) is 11.9 Å². The Kier molecular flexibility index (Phi) is 5.51. The van der Waals surface area contributed by atoms with Gasteiger partial charge in [0.05, 0.1) is 12.2 Å². The van der Waals surface area contributed by atoms with Crippen molar-refractivity contribution in [1.82, 2.24) is 15.1 Å². The second-order valence-electron chi connectivity index (χ2n) is 5.43. The molecule has 0 saturated carbocycles. The summed E-state index contributed by atoms with van der Waals surface area (Å²) in [5.41, 5.74) is 2.71. The first kappa shape index (κ1) is 15.7. The van der Waals surface area contributed by atoms with Crippen LogP contribution in [0.2, 0.25) is 0 Å². The SMILES string of the molecule is CCCNC(c1ccc(C)c(F)c1)c1cnn(CCC)c1. The van der Waals surface area contributed by atoms with Crippen LogP contribution in [-0.4, -0.2) is 16.3 Å². The average molecular weight is 289 g/mol. The molecule has 4 heteroatoms. The van der Waals surface area contributed by atoms with E-state index in [1.54, 1.807) is 13.0 Å². The molecule has 1 aromatic heterocycles. The number of benzene rings is 1. The van der Waals surface area contributed by atoms with Crippen molar-refractivity contribution in [2.75, 3.05) is 6.54 Å². The van der Waals surface area contributed by atoms with Crippen molar-refractivity contribution in [3.8, 4) is 0 Å². The number of rotatable bonds is 7. The van der Waals surface area contributed by atoms with E-state index in [4.69, 9.17) is 0 Å². The van der Waals surface area contributed by atoms with E-state index in [1.807, 2.05) is 23.0 Å². The van der Waals surface area contributed by atoms with Gasteiger partial charge in [0, 0.05) is 18.3 Å². The van der Waals surface area contributed by atoms with Crippen molar-refractivity contribution in [3.05, 3.63) is 53.1 Å². The Labute approximate surface area is 126 Å². The molecule has 1 unspecified atom stereocenters. The summed E-state index contributed by atoms with van der Waals surface area (Å²) in [4.78, 5) is 0. The van der Waals surface area contributed by atoms with E-state index in [2.05, 4.69) is 30.5 Å². The third-order valence-electron chi connectivity index (χ3n) is 3.57. The highest BCUT2D eigenvalue weighted by molar-refractivity contribution is 5.32. The molecule has 1 N–H and O–H groups in total. The van der Waals surface area contributed by atoms with Crippen LogP contribution in [0.1, 0.15) is 49.4 Å². The quantitative estimate of drug-likeness (QED) is 0.839. The Morgan fingerprint density at radius 1 is 1.24 bits per heavy atom. The topological polar surface area (TPSA) is 29.9 Å². The highest BCUT2D eigenvalue weighted by Gasteiger charge is 2.16. The Balaban J connectivity index is 2.29. The first-order valence-corrected chi connectivity index (χ1v) is 7.67. The normalized spacial score (nSPS) is 12.6. The van der Waals surface area contributed by atoms with Crippen molar-refractivity contribution in [1.29, 1.82) is 0 Å². The van der Waals surface area contributed by atoms with Gasteiger partial charge in [0.25, 0.3) is 0 Å². The molecular formula is C17H24FN3. The summed E-state index contributed by atoms with van der Waals surface area (Å²) in [6, 6.07) is 5.44. The van der Waals surface area contributed by atoms with Gasteiger partial charge in [-0.2, -0.15) is 5.10 Å². The molecular weight excluding hydrogens is 265 g/mol. The number of hydrogen-bond acceptors (Lipinski definition) is 2. The molecule has 0 aliphatic rings. The minimum Gasteiger partial charge on any atom is -0.306 e. The van der Waals surface area contributed by atoms with E-state index in [9.17, 15) is 4.39 Å². The van der Waals surface area contributed by atoms with Gasteiger partial charge in [0.15, 0.2) is 0 Å². The molecule has 0 saturated heterocycles. The predicted molar refractivity (Wildman–Crippen MR) is 83.8 cm³/mol. The molecule has 0 aliphatic heterocycles. The molecule has 21 heavy (non-hydrogen) atoms. The zero-order valence-corrected chi connectivity index (χ0v) is 13.1. The summed E-state index contributed by atoms with van der Waals surface area (Å²) in [6.45, 7) is 7.83. The zero-order valence-electron chi connectivity index (χ0n) is 13.1. The van der Waals surface area contributed by atoms with E-state index >= 15 is 0 Å². The van der Waals surface area contributed by atoms with Crippen molar-refractivity contribution < 1.29 is 4.39 Å². The van der Waals surface area contributed by atoms with Crippen molar-refractivity contribution in [2.45, 2.75) is 46.2 Å². The van der Waals surface area contributed by atoms with Crippen LogP contribution in [0.15, 0.2) is 30.6 Å². The molecule has 1 atom stereocenters. The minimum absolute atomic E-state index is 0.00865. The highest BCUT2D eigenvalue weighted by Crippen LogP contribution is 2.23. The molecule has 114 valence electrons. The van der Waals surface area contributed by atoms with Crippen LogP contribution in [0.25, 0.3) is 0 Å². The van der Waals surface area contributed by atoms with Crippen LogP contribution < -0.4 is 5.32 Å². The lowest BCUT2D eigenvalue weighted by Crippen LogP contribution is -2.23. The van der Waals surface area contributed by atoms with Gasteiger partial charge in [-0.3, -0.25) is 4.68 Å². The van der Waals surface area contributed by atoms with E-state index in [1.165, 1.54) is 0 Å². The standard InChI is InChI=1S/C17H24FN3/c1-4-8-19-17(14-7-6-13(3)16(18)10-14)15-11-20-21(12-15)9-5-2/h6-7,10-12,17,19H,4-5,8-9H2,1-3H3. The molecule has 0 radical (unpaired) electrons. The van der Waals surface area contributed by atoms with Gasteiger partial charge < -0.3 is 5.32 Å². The summed E-state index contributed by atoms with van der Waals surface area (Å²) < 4.78 is 15.8. The van der Waals surface area contributed by atoms with E-state index < -0.39 is 0 Å². The Morgan fingerprint density at radius 2 is 2.05 bits per heavy atom. The Bertz CT molecular complexity index is 577. The summed E-state index contributed by atoms with van der Waals surface area (Å²) >= 11 is 0. The number of aromatic nitrogens is 2. The monoisotopic (exact) mass is 289 g/mol. The summed E-state index contributed by atoms with van der Waals surface area (Å²) in [6.07, 6.45) is 6.01. The lowest BCUT2D eigenvalue weighted by Gasteiger charge is -2.18. The van der Waals surface area contributed by atoms with E-state index in [0.717, 1.165) is 37.1 Å². The molecule has 2 rings (SSSR count). The molecule has 2 aromatic rings. The fourth-order valence-corrected chi connectivity index (χ4v) is 2.39. The number of halogens is 1. The minimum atomic E-state index is -0.156. The maximum absolute atomic E-state index is 13.9. The molecule has 0 spiro atoms. The van der Waals surface area contributed by atoms with Gasteiger partial charge in [-0.05, 0) is 43.5 Å². The zero-order chi connectivity index (χ0) is 15.2. The first-order valence-electron chi connectivity index (χ1n) is 7.67. The molecule has 3 nitrogen and oxygen atoms in total. The third kappa shape index (κ3) is 3.91. The second kappa shape index (κ2) is 7.36. The maximum atomic E-state index is 13.9. The van der Waals surface area contributed by atoms with Crippen LogP contribution in [-0.2, 0) is 6.54 Å². The average Bonchev–Trinajstić information content (AvgIpc) is 2.92. The Hall–Kier alpha value is -1.68. The fraction of sp³-hybridized carbons (Fsp3) is 0.471. The third-order valence-corrected chi connectivity index (χ3v) is 3.57. The van der Waals surface area contributed by atoms with Crippen molar-refractivity contribution >= 4 is 0 Å². The molecule has 0 aliphatic carbocycles. The van der Waals surface area contributed by atoms with Crippen LogP contribution in [0.3, 0.4) is 0 Å². The maximum Gasteiger partial charge on any atom is 0.126 e. The van der Waals surface area contributed by atoms with Crippen molar-refractivity contribution in [3.63, 3.8) is 0 Å². The van der Waals surface area contributed by atoms with Crippen LogP contribution >= 0.6 is 0 Å². The molecule has 0 fully saturated rings. The van der Waals surface area contributed by atoms with Gasteiger partial charge >= 0.3 is 0 Å². The predicted octanol–water partition coefficient (Wildman–Crippen LogP) is 3.83. The molecule has 0 amide bonds. The van der Waals surface area contributed by atoms with Gasteiger partial charge in [-0.15, -0.1) is 0 Å².